The van der Waals surface area contributed by atoms with E-state index in [2.05, 4.69) is 10.2 Å². The molecule has 0 saturated carbocycles. The number of para-hydroxylation sites is 1. The average Bonchev–Trinajstić information content (AvgIpc) is 3.09. The Morgan fingerprint density at radius 1 is 1.04 bits per heavy atom. The summed E-state index contributed by atoms with van der Waals surface area (Å²) >= 11 is 0. The van der Waals surface area contributed by atoms with Gasteiger partial charge in [-0.1, -0.05) is 12.1 Å². The molecule has 0 bridgehead atoms. The normalized spacial score (nSPS) is 16.6. The van der Waals surface area contributed by atoms with E-state index in [9.17, 15) is 18.0 Å². The monoisotopic (exact) mass is 367 g/mol. The van der Waals surface area contributed by atoms with E-state index in [0.717, 1.165) is 24.9 Å². The molecule has 1 aromatic carbocycles. The average molecular weight is 367 g/mol. The first kappa shape index (κ1) is 18.5. The molecule has 1 fully saturated rings. The van der Waals surface area contributed by atoms with Crippen molar-refractivity contribution in [1.82, 2.24) is 9.80 Å². The minimum absolute atomic E-state index is 0.0702. The topological polar surface area (TPSA) is 48.7 Å². The summed E-state index contributed by atoms with van der Waals surface area (Å²) in [4.78, 5) is 16.3. The number of carbonyl (C=O) groups is 1. The second kappa shape index (κ2) is 7.92. The maximum absolute atomic E-state index is 13.0. The molecule has 0 atom stereocenters. The molecule has 8 heteroatoms. The van der Waals surface area contributed by atoms with Gasteiger partial charge in [0.1, 0.15) is 5.76 Å². The number of alkyl halides is 3. The molecule has 5 nitrogen and oxygen atoms in total. The van der Waals surface area contributed by atoms with Crippen molar-refractivity contribution in [2.75, 3.05) is 38.0 Å². The van der Waals surface area contributed by atoms with E-state index in [1.165, 1.54) is 18.2 Å². The number of hydrogen-bond acceptors (Lipinski definition) is 4. The highest BCUT2D eigenvalue weighted by atomic mass is 19.4. The van der Waals surface area contributed by atoms with Crippen LogP contribution in [-0.4, -0.2) is 48.4 Å². The molecule has 3 rings (SSSR count). The van der Waals surface area contributed by atoms with Gasteiger partial charge in [-0.05, 0) is 24.3 Å². The second-order valence-electron chi connectivity index (χ2n) is 6.22. The zero-order valence-electron chi connectivity index (χ0n) is 14.1. The number of carbonyl (C=O) groups excluding carboxylic acids is 1. The highest BCUT2D eigenvalue weighted by Gasteiger charge is 2.33. The number of piperazine rings is 1. The quantitative estimate of drug-likeness (QED) is 0.883. The van der Waals surface area contributed by atoms with Crippen molar-refractivity contribution in [3.05, 3.63) is 54.0 Å². The van der Waals surface area contributed by atoms with Crippen LogP contribution in [0.2, 0.25) is 0 Å². The van der Waals surface area contributed by atoms with Crippen molar-refractivity contribution in [3.63, 3.8) is 0 Å². The van der Waals surface area contributed by atoms with E-state index in [4.69, 9.17) is 4.42 Å². The Morgan fingerprint density at radius 2 is 1.73 bits per heavy atom. The van der Waals surface area contributed by atoms with Gasteiger partial charge in [0.2, 0.25) is 5.91 Å². The first-order chi connectivity index (χ1) is 12.4. The van der Waals surface area contributed by atoms with E-state index in [-0.39, 0.29) is 12.2 Å². The third-order valence-electron chi connectivity index (χ3n) is 4.30. The largest absolute Gasteiger partial charge is 0.468 e. The molecule has 26 heavy (non-hydrogen) atoms. The van der Waals surface area contributed by atoms with Gasteiger partial charge in [0.05, 0.1) is 30.6 Å². The molecule has 2 aromatic rings. The van der Waals surface area contributed by atoms with Crippen LogP contribution in [0.15, 0.2) is 47.1 Å². The molecule has 140 valence electrons. The predicted molar refractivity (Wildman–Crippen MR) is 90.5 cm³/mol. The molecule has 0 radical (unpaired) electrons. The summed E-state index contributed by atoms with van der Waals surface area (Å²) in [6, 6.07) is 8.76. The first-order valence-electron chi connectivity index (χ1n) is 8.35. The molecule has 0 unspecified atom stereocenters. The zero-order chi connectivity index (χ0) is 18.6. The molecule has 0 spiro atoms. The van der Waals surface area contributed by atoms with Crippen molar-refractivity contribution < 1.29 is 22.4 Å². The number of benzene rings is 1. The molecule has 1 aliphatic rings. The molecule has 1 aromatic heterocycles. The molecule has 1 aliphatic heterocycles. The molecular weight excluding hydrogens is 347 g/mol. The van der Waals surface area contributed by atoms with Crippen LogP contribution >= 0.6 is 0 Å². The van der Waals surface area contributed by atoms with Crippen LogP contribution in [0.5, 0.6) is 0 Å². The molecular formula is C18H20F3N3O2. The molecule has 0 aliphatic carbocycles. The third kappa shape index (κ3) is 4.86. The SMILES string of the molecule is O=C(CN1CCN(Cc2ccco2)CC1)Nc1ccccc1C(F)(F)F. The Kier molecular flexibility index (Phi) is 5.63. The van der Waals surface area contributed by atoms with E-state index in [0.29, 0.717) is 19.6 Å². The minimum Gasteiger partial charge on any atom is -0.468 e. The summed E-state index contributed by atoms with van der Waals surface area (Å²) in [6.07, 6.45) is -2.87. The van der Waals surface area contributed by atoms with Crippen LogP contribution < -0.4 is 5.32 Å². The maximum atomic E-state index is 13.0. The summed E-state index contributed by atoms with van der Waals surface area (Å²) in [7, 11) is 0. The Balaban J connectivity index is 1.49. The fourth-order valence-electron chi connectivity index (χ4n) is 2.96. The predicted octanol–water partition coefficient (Wildman–Crippen LogP) is 3.05. The number of nitrogens with zero attached hydrogens (tertiary/aromatic N) is 2. The van der Waals surface area contributed by atoms with Crippen LogP contribution in [0, 0.1) is 0 Å². The standard InChI is InChI=1S/C18H20F3N3O2/c19-18(20,21)15-5-1-2-6-16(15)22-17(25)13-24-9-7-23(8-10-24)12-14-4-3-11-26-14/h1-6,11H,7-10,12-13H2,(H,22,25). The van der Waals surface area contributed by atoms with Gasteiger partial charge < -0.3 is 9.73 Å². The molecule has 2 heterocycles. The van der Waals surface area contributed by atoms with Gasteiger partial charge >= 0.3 is 6.18 Å². The lowest BCUT2D eigenvalue weighted by atomic mass is 10.1. The molecule has 1 saturated heterocycles. The van der Waals surface area contributed by atoms with E-state index in [1.54, 1.807) is 6.26 Å². The third-order valence-corrected chi connectivity index (χ3v) is 4.30. The van der Waals surface area contributed by atoms with Crippen molar-refractivity contribution >= 4 is 11.6 Å². The number of halogens is 3. The Hall–Kier alpha value is -2.32. The second-order valence-corrected chi connectivity index (χ2v) is 6.22. The Morgan fingerprint density at radius 3 is 2.38 bits per heavy atom. The highest BCUT2D eigenvalue weighted by molar-refractivity contribution is 5.93. The van der Waals surface area contributed by atoms with E-state index < -0.39 is 17.6 Å². The molecule has 1 amide bonds. The summed E-state index contributed by atoms with van der Waals surface area (Å²) in [5.41, 5.74) is -1.04. The first-order valence-corrected chi connectivity index (χ1v) is 8.35. The maximum Gasteiger partial charge on any atom is 0.418 e. The van der Waals surface area contributed by atoms with Crippen LogP contribution in [-0.2, 0) is 17.5 Å². The van der Waals surface area contributed by atoms with Gasteiger partial charge in [-0.25, -0.2) is 0 Å². The number of nitrogens with one attached hydrogen (secondary N) is 1. The van der Waals surface area contributed by atoms with E-state index >= 15 is 0 Å². The highest BCUT2D eigenvalue weighted by Crippen LogP contribution is 2.34. The van der Waals surface area contributed by atoms with Gasteiger partial charge in [0, 0.05) is 26.2 Å². The van der Waals surface area contributed by atoms with Gasteiger partial charge in [-0.3, -0.25) is 14.6 Å². The number of anilines is 1. The zero-order valence-corrected chi connectivity index (χ0v) is 14.1. The van der Waals surface area contributed by atoms with Crippen molar-refractivity contribution in [3.8, 4) is 0 Å². The summed E-state index contributed by atoms with van der Waals surface area (Å²) in [5, 5.41) is 2.38. The van der Waals surface area contributed by atoms with Crippen molar-refractivity contribution in [2.45, 2.75) is 12.7 Å². The summed E-state index contributed by atoms with van der Waals surface area (Å²) in [6.45, 7) is 3.68. The summed E-state index contributed by atoms with van der Waals surface area (Å²) < 4.78 is 44.3. The van der Waals surface area contributed by atoms with Gasteiger partial charge in [0.25, 0.3) is 0 Å². The fourth-order valence-corrected chi connectivity index (χ4v) is 2.96. The number of amides is 1. The lowest BCUT2D eigenvalue weighted by Crippen LogP contribution is -2.48. The lowest BCUT2D eigenvalue weighted by Gasteiger charge is -2.33. The Bertz CT molecular complexity index is 724. The molecule has 1 N–H and O–H groups in total. The smallest absolute Gasteiger partial charge is 0.418 e. The fraction of sp³-hybridized carbons (Fsp3) is 0.389. The van der Waals surface area contributed by atoms with Crippen LogP contribution in [0.3, 0.4) is 0 Å². The minimum atomic E-state index is -4.50. The van der Waals surface area contributed by atoms with Crippen LogP contribution in [0.4, 0.5) is 18.9 Å². The van der Waals surface area contributed by atoms with Crippen LogP contribution in [0.25, 0.3) is 0 Å². The van der Waals surface area contributed by atoms with Crippen molar-refractivity contribution in [1.29, 1.82) is 0 Å². The van der Waals surface area contributed by atoms with E-state index in [1.807, 2.05) is 17.0 Å². The van der Waals surface area contributed by atoms with Crippen molar-refractivity contribution in [2.24, 2.45) is 0 Å². The van der Waals surface area contributed by atoms with Gasteiger partial charge in [-0.2, -0.15) is 13.2 Å². The Labute approximate surface area is 149 Å². The number of rotatable bonds is 5. The van der Waals surface area contributed by atoms with Crippen LogP contribution in [0.1, 0.15) is 11.3 Å². The number of furan rings is 1. The number of hydrogen-bond donors (Lipinski definition) is 1. The van der Waals surface area contributed by atoms with Gasteiger partial charge in [0.15, 0.2) is 0 Å². The summed E-state index contributed by atoms with van der Waals surface area (Å²) in [5.74, 6) is 0.445. The van der Waals surface area contributed by atoms with Gasteiger partial charge in [-0.15, -0.1) is 0 Å². The lowest BCUT2D eigenvalue weighted by molar-refractivity contribution is -0.137.